The van der Waals surface area contributed by atoms with Gasteiger partial charge in [0.2, 0.25) is 0 Å². The number of benzene rings is 1. The molecule has 15 heavy (non-hydrogen) atoms. The molecule has 0 saturated heterocycles. The summed E-state index contributed by atoms with van der Waals surface area (Å²) in [7, 11) is 0. The first-order valence-electron chi connectivity index (χ1n) is 5.25. The average Bonchev–Trinajstić information content (AvgIpc) is 2.56. The molecule has 2 atom stereocenters. The second-order valence-corrected chi connectivity index (χ2v) is 4.43. The Hall–Kier alpha value is -1.06. The van der Waals surface area contributed by atoms with Crippen LogP contribution in [0, 0.1) is 0 Å². The van der Waals surface area contributed by atoms with Gasteiger partial charge in [-0.1, -0.05) is 6.07 Å². The lowest BCUT2D eigenvalue weighted by atomic mass is 9.94. The fourth-order valence-corrected chi connectivity index (χ4v) is 1.87. The van der Waals surface area contributed by atoms with Gasteiger partial charge in [0, 0.05) is 13.0 Å². The fourth-order valence-electron chi connectivity index (χ4n) is 1.87. The number of ether oxygens (including phenoxy) is 1. The van der Waals surface area contributed by atoms with Crippen molar-refractivity contribution in [2.75, 3.05) is 6.54 Å². The molecule has 3 N–H and O–H groups in total. The molecule has 0 saturated carbocycles. The minimum absolute atomic E-state index is 0.224. The van der Waals surface area contributed by atoms with E-state index in [4.69, 9.17) is 10.5 Å². The van der Waals surface area contributed by atoms with Crippen molar-refractivity contribution in [1.82, 2.24) is 0 Å². The molecule has 82 valence electrons. The van der Waals surface area contributed by atoms with E-state index in [0.29, 0.717) is 0 Å². The van der Waals surface area contributed by atoms with Gasteiger partial charge in [0.25, 0.3) is 0 Å². The number of nitrogens with two attached hydrogens (primary N) is 1. The first-order chi connectivity index (χ1) is 7.03. The van der Waals surface area contributed by atoms with Crippen LogP contribution in [-0.2, 0) is 12.0 Å². The number of fused-ring (bicyclic) bond motifs is 1. The third-order valence-corrected chi connectivity index (χ3v) is 2.92. The van der Waals surface area contributed by atoms with E-state index in [1.165, 1.54) is 0 Å². The Balaban J connectivity index is 2.35. The van der Waals surface area contributed by atoms with Crippen LogP contribution in [0.2, 0.25) is 0 Å². The first-order valence-corrected chi connectivity index (χ1v) is 5.25. The summed E-state index contributed by atoms with van der Waals surface area (Å²) in [6.45, 7) is 4.00. The van der Waals surface area contributed by atoms with E-state index in [9.17, 15) is 5.11 Å². The molecule has 0 amide bonds. The Labute approximate surface area is 89.9 Å². The molecular formula is C12H17NO2. The van der Waals surface area contributed by atoms with Crippen molar-refractivity contribution in [2.45, 2.75) is 32.0 Å². The first kappa shape index (κ1) is 10.5. The second kappa shape index (κ2) is 3.51. The lowest BCUT2D eigenvalue weighted by Crippen LogP contribution is -2.31. The Morgan fingerprint density at radius 3 is 3.00 bits per heavy atom. The molecule has 2 rings (SSSR count). The summed E-state index contributed by atoms with van der Waals surface area (Å²) in [5, 5.41) is 10.0. The summed E-state index contributed by atoms with van der Waals surface area (Å²) in [4.78, 5) is 0. The molecule has 0 radical (unpaired) electrons. The van der Waals surface area contributed by atoms with Crippen molar-refractivity contribution in [2.24, 2.45) is 5.73 Å². The molecule has 1 aromatic rings. The van der Waals surface area contributed by atoms with E-state index < -0.39 is 5.60 Å². The summed E-state index contributed by atoms with van der Waals surface area (Å²) >= 11 is 0. The smallest absolute Gasteiger partial charge is 0.123 e. The largest absolute Gasteiger partial charge is 0.490 e. The monoisotopic (exact) mass is 207 g/mol. The van der Waals surface area contributed by atoms with Crippen LogP contribution in [0.15, 0.2) is 18.2 Å². The van der Waals surface area contributed by atoms with Crippen LogP contribution in [-0.4, -0.2) is 17.8 Å². The molecule has 0 aliphatic carbocycles. The van der Waals surface area contributed by atoms with Crippen molar-refractivity contribution in [3.63, 3.8) is 0 Å². The summed E-state index contributed by atoms with van der Waals surface area (Å²) in [6, 6.07) is 5.79. The van der Waals surface area contributed by atoms with Gasteiger partial charge in [-0.25, -0.2) is 0 Å². The molecule has 1 aromatic carbocycles. The van der Waals surface area contributed by atoms with Gasteiger partial charge in [-0.05, 0) is 37.1 Å². The molecule has 0 fully saturated rings. The van der Waals surface area contributed by atoms with Crippen LogP contribution in [0.25, 0.3) is 0 Å². The van der Waals surface area contributed by atoms with Gasteiger partial charge in [0.15, 0.2) is 0 Å². The van der Waals surface area contributed by atoms with Crippen LogP contribution in [0.1, 0.15) is 25.0 Å². The third-order valence-electron chi connectivity index (χ3n) is 2.92. The van der Waals surface area contributed by atoms with Crippen molar-refractivity contribution in [1.29, 1.82) is 0 Å². The van der Waals surface area contributed by atoms with Crippen molar-refractivity contribution in [3.8, 4) is 5.75 Å². The van der Waals surface area contributed by atoms with E-state index >= 15 is 0 Å². The summed E-state index contributed by atoms with van der Waals surface area (Å²) in [5.41, 5.74) is 6.61. The van der Waals surface area contributed by atoms with Gasteiger partial charge in [-0.15, -0.1) is 0 Å². The maximum absolute atomic E-state index is 10.0. The van der Waals surface area contributed by atoms with Crippen LogP contribution < -0.4 is 10.5 Å². The molecule has 0 bridgehead atoms. The zero-order chi connectivity index (χ0) is 11.1. The van der Waals surface area contributed by atoms with Gasteiger partial charge < -0.3 is 15.6 Å². The highest BCUT2D eigenvalue weighted by Crippen LogP contribution is 2.32. The molecule has 3 nitrogen and oxygen atoms in total. The van der Waals surface area contributed by atoms with E-state index in [2.05, 4.69) is 0 Å². The number of hydrogen-bond donors (Lipinski definition) is 2. The molecule has 1 aliphatic heterocycles. The molecule has 1 aliphatic rings. The highest BCUT2D eigenvalue weighted by Gasteiger charge is 2.25. The van der Waals surface area contributed by atoms with Gasteiger partial charge in [-0.2, -0.15) is 0 Å². The summed E-state index contributed by atoms with van der Waals surface area (Å²) in [5.74, 6) is 0.930. The Morgan fingerprint density at radius 1 is 1.60 bits per heavy atom. The molecule has 3 heteroatoms. The highest BCUT2D eigenvalue weighted by molar-refractivity contribution is 5.42. The van der Waals surface area contributed by atoms with Crippen LogP contribution in [0.3, 0.4) is 0 Å². The van der Waals surface area contributed by atoms with Crippen LogP contribution >= 0.6 is 0 Å². The molecule has 2 unspecified atom stereocenters. The molecule has 0 aromatic heterocycles. The Morgan fingerprint density at radius 2 is 2.33 bits per heavy atom. The highest BCUT2D eigenvalue weighted by atomic mass is 16.5. The predicted octanol–water partition coefficient (Wildman–Crippen LogP) is 1.18. The maximum Gasteiger partial charge on any atom is 0.123 e. The molecular weight excluding hydrogens is 190 g/mol. The van der Waals surface area contributed by atoms with E-state index in [0.717, 1.165) is 23.3 Å². The minimum atomic E-state index is -0.944. The van der Waals surface area contributed by atoms with Crippen molar-refractivity contribution < 1.29 is 9.84 Å². The van der Waals surface area contributed by atoms with Gasteiger partial charge in [0.05, 0.1) is 5.60 Å². The molecule has 1 heterocycles. The SMILES string of the molecule is CC1Cc2cc(C(C)(O)CN)ccc2O1. The lowest BCUT2D eigenvalue weighted by Gasteiger charge is -2.22. The normalized spacial score (nSPS) is 23.1. The van der Waals surface area contributed by atoms with Gasteiger partial charge in [0.1, 0.15) is 11.9 Å². The fraction of sp³-hybridized carbons (Fsp3) is 0.500. The van der Waals surface area contributed by atoms with Crippen molar-refractivity contribution in [3.05, 3.63) is 29.3 Å². The number of hydrogen-bond acceptors (Lipinski definition) is 3. The summed E-state index contributed by atoms with van der Waals surface area (Å²) < 4.78 is 5.60. The van der Waals surface area contributed by atoms with Crippen LogP contribution in [0.5, 0.6) is 5.75 Å². The standard InChI is InChI=1S/C12H17NO2/c1-8-5-9-6-10(12(2,14)7-13)3-4-11(9)15-8/h3-4,6,8,14H,5,7,13H2,1-2H3. The van der Waals surface area contributed by atoms with E-state index in [-0.39, 0.29) is 12.6 Å². The van der Waals surface area contributed by atoms with Gasteiger partial charge >= 0.3 is 0 Å². The van der Waals surface area contributed by atoms with E-state index in [1.807, 2.05) is 25.1 Å². The maximum atomic E-state index is 10.0. The minimum Gasteiger partial charge on any atom is -0.490 e. The third kappa shape index (κ3) is 1.85. The molecule has 0 spiro atoms. The second-order valence-electron chi connectivity index (χ2n) is 4.43. The quantitative estimate of drug-likeness (QED) is 0.765. The van der Waals surface area contributed by atoms with E-state index in [1.54, 1.807) is 6.92 Å². The zero-order valence-electron chi connectivity index (χ0n) is 9.16. The predicted molar refractivity (Wildman–Crippen MR) is 58.9 cm³/mol. The topological polar surface area (TPSA) is 55.5 Å². The zero-order valence-corrected chi connectivity index (χ0v) is 9.16. The Kier molecular flexibility index (Phi) is 2.44. The van der Waals surface area contributed by atoms with Crippen LogP contribution in [0.4, 0.5) is 0 Å². The van der Waals surface area contributed by atoms with Gasteiger partial charge in [-0.3, -0.25) is 0 Å². The average molecular weight is 207 g/mol. The Bertz CT molecular complexity index is 374. The number of aliphatic hydroxyl groups is 1. The number of rotatable bonds is 2. The lowest BCUT2D eigenvalue weighted by molar-refractivity contribution is 0.0667. The van der Waals surface area contributed by atoms with Crippen molar-refractivity contribution >= 4 is 0 Å². The summed E-state index contributed by atoms with van der Waals surface area (Å²) in [6.07, 6.45) is 1.14.